The second-order valence-corrected chi connectivity index (χ2v) is 7.35. The van der Waals surface area contributed by atoms with Gasteiger partial charge < -0.3 is 20.1 Å². The molecule has 0 fully saturated rings. The predicted molar refractivity (Wildman–Crippen MR) is 100 cm³/mol. The lowest BCUT2D eigenvalue weighted by molar-refractivity contribution is -0.0514. The van der Waals surface area contributed by atoms with Gasteiger partial charge in [-0.3, -0.25) is 4.99 Å². The smallest absolute Gasteiger partial charge is 0.387 e. The Bertz CT molecular complexity index is 569. The fourth-order valence-electron chi connectivity index (χ4n) is 1.90. The predicted octanol–water partition coefficient (Wildman–Crippen LogP) is 3.49. The van der Waals surface area contributed by atoms with Crippen molar-refractivity contribution >= 4 is 17.7 Å². The number of aliphatic imine (C=N–C) groups is 1. The SMILES string of the molecule is CCOc1cc(CNC(=NC)NCC(C)(C)SC)ccc1OC(F)F. The van der Waals surface area contributed by atoms with Gasteiger partial charge in [-0.2, -0.15) is 20.5 Å². The highest BCUT2D eigenvalue weighted by Crippen LogP contribution is 2.29. The summed E-state index contributed by atoms with van der Waals surface area (Å²) in [5.74, 6) is 1.01. The molecule has 1 rings (SSSR count). The summed E-state index contributed by atoms with van der Waals surface area (Å²) in [7, 11) is 1.70. The van der Waals surface area contributed by atoms with Crippen LogP contribution in [0.4, 0.5) is 8.78 Å². The van der Waals surface area contributed by atoms with Gasteiger partial charge in [0.15, 0.2) is 17.5 Å². The van der Waals surface area contributed by atoms with E-state index in [9.17, 15) is 8.78 Å². The molecule has 0 saturated heterocycles. The van der Waals surface area contributed by atoms with Gasteiger partial charge in [-0.1, -0.05) is 6.07 Å². The maximum absolute atomic E-state index is 12.4. The van der Waals surface area contributed by atoms with Crippen LogP contribution >= 0.6 is 11.8 Å². The standard InChI is InChI=1S/C17H27F2N3O2S/c1-6-23-14-9-12(7-8-13(14)24-15(18)19)10-21-16(20-4)22-11-17(2,3)25-5/h7-9,15H,6,10-11H2,1-5H3,(H2,20,21,22). The van der Waals surface area contributed by atoms with Crippen LogP contribution in [0, 0.1) is 0 Å². The van der Waals surface area contributed by atoms with Crippen molar-refractivity contribution in [2.24, 2.45) is 4.99 Å². The number of guanidine groups is 1. The van der Waals surface area contributed by atoms with E-state index in [1.165, 1.54) is 6.07 Å². The summed E-state index contributed by atoms with van der Waals surface area (Å²) in [6.07, 6.45) is 2.07. The number of alkyl halides is 2. The van der Waals surface area contributed by atoms with Crippen molar-refractivity contribution in [1.29, 1.82) is 0 Å². The van der Waals surface area contributed by atoms with Crippen molar-refractivity contribution in [3.05, 3.63) is 23.8 Å². The van der Waals surface area contributed by atoms with E-state index in [0.717, 1.165) is 12.1 Å². The molecule has 142 valence electrons. The van der Waals surface area contributed by atoms with Crippen LogP contribution in [0.25, 0.3) is 0 Å². The van der Waals surface area contributed by atoms with Gasteiger partial charge in [-0.15, -0.1) is 0 Å². The molecule has 0 aromatic heterocycles. The number of halogens is 2. The highest BCUT2D eigenvalue weighted by Gasteiger charge is 2.16. The number of benzene rings is 1. The molecule has 0 saturated carbocycles. The molecule has 0 unspecified atom stereocenters. The molecular weight excluding hydrogens is 348 g/mol. The van der Waals surface area contributed by atoms with Crippen molar-refractivity contribution in [2.75, 3.05) is 26.5 Å². The monoisotopic (exact) mass is 375 g/mol. The van der Waals surface area contributed by atoms with Gasteiger partial charge in [-0.05, 0) is 44.7 Å². The number of nitrogens with one attached hydrogen (secondary N) is 2. The quantitative estimate of drug-likeness (QED) is 0.511. The Morgan fingerprint density at radius 1 is 1.28 bits per heavy atom. The molecule has 2 N–H and O–H groups in total. The van der Waals surface area contributed by atoms with Crippen LogP contribution in [0.5, 0.6) is 11.5 Å². The topological polar surface area (TPSA) is 54.9 Å². The molecular formula is C17H27F2N3O2S. The van der Waals surface area contributed by atoms with Crippen LogP contribution in [-0.4, -0.2) is 43.8 Å². The van der Waals surface area contributed by atoms with Crippen LogP contribution in [0.1, 0.15) is 26.3 Å². The van der Waals surface area contributed by atoms with E-state index < -0.39 is 6.61 Å². The van der Waals surface area contributed by atoms with Crippen LogP contribution in [0.3, 0.4) is 0 Å². The van der Waals surface area contributed by atoms with E-state index in [1.54, 1.807) is 37.9 Å². The first kappa shape index (κ1) is 21.3. The molecule has 0 aliphatic rings. The van der Waals surface area contributed by atoms with E-state index in [-0.39, 0.29) is 10.5 Å². The molecule has 0 amide bonds. The normalized spacial score (nSPS) is 12.2. The first-order valence-corrected chi connectivity index (χ1v) is 9.24. The van der Waals surface area contributed by atoms with Gasteiger partial charge in [-0.25, -0.2) is 0 Å². The molecule has 1 aromatic rings. The molecule has 25 heavy (non-hydrogen) atoms. The van der Waals surface area contributed by atoms with Crippen molar-refractivity contribution in [1.82, 2.24) is 10.6 Å². The van der Waals surface area contributed by atoms with Crippen molar-refractivity contribution in [2.45, 2.75) is 38.7 Å². The molecule has 0 heterocycles. The molecule has 5 nitrogen and oxygen atoms in total. The molecule has 0 aliphatic heterocycles. The number of rotatable bonds is 9. The maximum Gasteiger partial charge on any atom is 0.387 e. The molecule has 0 aliphatic carbocycles. The zero-order valence-corrected chi connectivity index (χ0v) is 16.2. The zero-order chi connectivity index (χ0) is 18.9. The Hall–Kier alpha value is -1.70. The van der Waals surface area contributed by atoms with Crippen molar-refractivity contribution in [3.63, 3.8) is 0 Å². The Morgan fingerprint density at radius 3 is 2.56 bits per heavy atom. The van der Waals surface area contributed by atoms with Crippen LogP contribution in [0.2, 0.25) is 0 Å². The average Bonchev–Trinajstić information content (AvgIpc) is 2.57. The highest BCUT2D eigenvalue weighted by molar-refractivity contribution is 7.99. The van der Waals surface area contributed by atoms with Crippen LogP contribution in [0.15, 0.2) is 23.2 Å². The van der Waals surface area contributed by atoms with Crippen LogP contribution in [-0.2, 0) is 6.54 Å². The molecule has 0 radical (unpaired) electrons. The van der Waals surface area contributed by atoms with Gasteiger partial charge in [0.05, 0.1) is 6.61 Å². The van der Waals surface area contributed by atoms with Gasteiger partial charge in [0.1, 0.15) is 0 Å². The Kier molecular flexibility index (Phi) is 8.82. The van der Waals surface area contributed by atoms with Gasteiger partial charge in [0, 0.05) is 24.9 Å². The van der Waals surface area contributed by atoms with Crippen molar-refractivity contribution in [3.8, 4) is 11.5 Å². The van der Waals surface area contributed by atoms with Gasteiger partial charge in [0.2, 0.25) is 0 Å². The zero-order valence-electron chi connectivity index (χ0n) is 15.4. The lowest BCUT2D eigenvalue weighted by Crippen LogP contribution is -2.42. The van der Waals surface area contributed by atoms with Gasteiger partial charge >= 0.3 is 6.61 Å². The lowest BCUT2D eigenvalue weighted by atomic mass is 10.2. The third-order valence-corrected chi connectivity index (χ3v) is 4.69. The second kappa shape index (κ2) is 10.3. The summed E-state index contributed by atoms with van der Waals surface area (Å²) >= 11 is 1.77. The minimum absolute atomic E-state index is 0.0322. The average molecular weight is 375 g/mol. The number of ether oxygens (including phenoxy) is 2. The molecule has 8 heteroatoms. The molecule has 0 bridgehead atoms. The summed E-state index contributed by atoms with van der Waals surface area (Å²) in [5, 5.41) is 6.47. The Balaban J connectivity index is 2.70. The van der Waals surface area contributed by atoms with E-state index in [2.05, 4.69) is 40.5 Å². The summed E-state index contributed by atoms with van der Waals surface area (Å²) in [5.41, 5.74) is 0.872. The number of hydrogen-bond donors (Lipinski definition) is 2. The first-order chi connectivity index (χ1) is 11.8. The number of hydrogen-bond acceptors (Lipinski definition) is 4. The van der Waals surface area contributed by atoms with E-state index >= 15 is 0 Å². The third-order valence-electron chi connectivity index (χ3n) is 3.44. The Labute approximate surface area is 152 Å². The summed E-state index contributed by atoms with van der Waals surface area (Å²) < 4.78 is 34.8. The summed E-state index contributed by atoms with van der Waals surface area (Å²) in [6, 6.07) is 4.89. The third kappa shape index (κ3) is 7.81. The van der Waals surface area contributed by atoms with E-state index in [0.29, 0.717) is 24.9 Å². The lowest BCUT2D eigenvalue weighted by Gasteiger charge is -2.23. The van der Waals surface area contributed by atoms with Crippen LogP contribution < -0.4 is 20.1 Å². The fraction of sp³-hybridized carbons (Fsp3) is 0.588. The van der Waals surface area contributed by atoms with Gasteiger partial charge in [0.25, 0.3) is 0 Å². The fourth-order valence-corrected chi connectivity index (χ4v) is 2.12. The van der Waals surface area contributed by atoms with E-state index in [1.807, 2.05) is 0 Å². The largest absolute Gasteiger partial charge is 0.490 e. The minimum atomic E-state index is -2.88. The highest BCUT2D eigenvalue weighted by atomic mass is 32.2. The summed E-state index contributed by atoms with van der Waals surface area (Å²) in [6.45, 7) is 4.81. The second-order valence-electron chi connectivity index (χ2n) is 5.84. The molecule has 1 aromatic carbocycles. The maximum atomic E-state index is 12.4. The Morgan fingerprint density at radius 2 is 2.00 bits per heavy atom. The minimum Gasteiger partial charge on any atom is -0.490 e. The van der Waals surface area contributed by atoms with Crippen molar-refractivity contribution < 1.29 is 18.3 Å². The molecule has 0 spiro atoms. The van der Waals surface area contributed by atoms with E-state index in [4.69, 9.17) is 4.74 Å². The molecule has 0 atom stereocenters. The number of nitrogens with zero attached hydrogens (tertiary/aromatic N) is 1. The first-order valence-electron chi connectivity index (χ1n) is 8.01. The summed E-state index contributed by atoms with van der Waals surface area (Å²) in [4.78, 5) is 4.19. The number of thioether (sulfide) groups is 1.